The van der Waals surface area contributed by atoms with Crippen molar-refractivity contribution in [3.8, 4) is 0 Å². The third-order valence-corrected chi connectivity index (χ3v) is 4.35. The second kappa shape index (κ2) is 7.77. The molecular formula is C17H28N2O2S. The molecule has 0 bridgehead atoms. The predicted octanol–water partition coefficient (Wildman–Crippen LogP) is 3.15. The number of rotatable bonds is 5. The number of hydrogen-bond acceptors (Lipinski definition) is 2. The van der Waals surface area contributed by atoms with Crippen LogP contribution < -0.4 is 10.6 Å². The van der Waals surface area contributed by atoms with Gasteiger partial charge in [-0.2, -0.15) is 0 Å². The number of carbonyl (C=O) groups is 1. The first-order chi connectivity index (χ1) is 10.1. The highest BCUT2D eigenvalue weighted by Crippen LogP contribution is 2.32. The first-order valence-electron chi connectivity index (χ1n) is 7.53. The molecule has 0 aliphatic rings. The third kappa shape index (κ3) is 6.18. The Bertz CT molecular complexity index is 538. The van der Waals surface area contributed by atoms with Gasteiger partial charge in [-0.05, 0) is 24.8 Å². The number of benzene rings is 1. The highest BCUT2D eigenvalue weighted by Gasteiger charge is 2.28. The lowest BCUT2D eigenvalue weighted by Crippen LogP contribution is -2.46. The van der Waals surface area contributed by atoms with Crippen molar-refractivity contribution in [1.29, 1.82) is 0 Å². The van der Waals surface area contributed by atoms with E-state index < -0.39 is 10.8 Å². The summed E-state index contributed by atoms with van der Waals surface area (Å²) >= 11 is 0. The number of hydrogen-bond donors (Lipinski definition) is 2. The standard InChI is InChI=1S/C17H28N2O2S/c1-12-8-7-9-14(10-12)15(17(3,4)5)19-16(20)18-13(2)11-22(6)21/h7-10,13,15H,11H2,1-6H3,(H2,18,19,20). The number of amides is 2. The molecule has 0 saturated carbocycles. The van der Waals surface area contributed by atoms with Gasteiger partial charge in [0.1, 0.15) is 0 Å². The van der Waals surface area contributed by atoms with Crippen LogP contribution >= 0.6 is 0 Å². The van der Waals surface area contributed by atoms with E-state index in [0.717, 1.165) is 5.56 Å². The molecule has 0 spiro atoms. The van der Waals surface area contributed by atoms with Gasteiger partial charge in [-0.15, -0.1) is 0 Å². The summed E-state index contributed by atoms with van der Waals surface area (Å²) in [6.07, 6.45) is 1.64. The van der Waals surface area contributed by atoms with Gasteiger partial charge in [0.05, 0.1) is 6.04 Å². The molecule has 0 aromatic heterocycles. The Kier molecular flexibility index (Phi) is 6.60. The zero-order valence-corrected chi connectivity index (χ0v) is 15.2. The van der Waals surface area contributed by atoms with E-state index in [1.165, 1.54) is 5.56 Å². The monoisotopic (exact) mass is 324 g/mol. The minimum atomic E-state index is -0.923. The van der Waals surface area contributed by atoms with E-state index in [1.54, 1.807) is 6.26 Å². The molecule has 3 unspecified atom stereocenters. The van der Waals surface area contributed by atoms with Gasteiger partial charge in [0, 0.05) is 28.9 Å². The van der Waals surface area contributed by atoms with Crippen LogP contribution in [0.5, 0.6) is 0 Å². The normalized spacial score (nSPS) is 15.7. The molecule has 3 atom stereocenters. The molecule has 0 saturated heterocycles. The topological polar surface area (TPSA) is 58.2 Å². The second-order valence-electron chi connectivity index (χ2n) is 6.97. The average Bonchev–Trinajstić information content (AvgIpc) is 2.33. The zero-order chi connectivity index (χ0) is 16.9. The lowest BCUT2D eigenvalue weighted by molar-refractivity contribution is 0.216. The lowest BCUT2D eigenvalue weighted by Gasteiger charge is -2.32. The molecule has 1 rings (SSSR count). The van der Waals surface area contributed by atoms with Crippen LogP contribution in [0.4, 0.5) is 4.79 Å². The summed E-state index contributed by atoms with van der Waals surface area (Å²) in [6, 6.07) is 7.75. The minimum absolute atomic E-state index is 0.0910. The largest absolute Gasteiger partial charge is 0.335 e. The Hall–Kier alpha value is -1.36. The Labute approximate surface area is 136 Å². The zero-order valence-electron chi connectivity index (χ0n) is 14.4. The summed E-state index contributed by atoms with van der Waals surface area (Å²) in [5.74, 6) is 0.456. The molecule has 2 amide bonds. The van der Waals surface area contributed by atoms with Gasteiger partial charge in [-0.3, -0.25) is 4.21 Å². The maximum atomic E-state index is 12.2. The van der Waals surface area contributed by atoms with E-state index in [2.05, 4.69) is 37.5 Å². The summed E-state index contributed by atoms with van der Waals surface area (Å²) in [6.45, 7) is 10.2. The van der Waals surface area contributed by atoms with Crippen molar-refractivity contribution in [3.63, 3.8) is 0 Å². The van der Waals surface area contributed by atoms with Crippen molar-refractivity contribution >= 4 is 16.8 Å². The molecule has 5 heteroatoms. The lowest BCUT2D eigenvalue weighted by atomic mass is 9.82. The number of urea groups is 1. The van der Waals surface area contributed by atoms with Crippen LogP contribution in [-0.4, -0.2) is 28.3 Å². The van der Waals surface area contributed by atoms with Gasteiger partial charge >= 0.3 is 6.03 Å². The molecule has 0 radical (unpaired) electrons. The van der Waals surface area contributed by atoms with E-state index in [0.29, 0.717) is 5.75 Å². The van der Waals surface area contributed by atoms with Crippen molar-refractivity contribution < 1.29 is 9.00 Å². The van der Waals surface area contributed by atoms with Crippen LogP contribution in [0.15, 0.2) is 24.3 Å². The molecule has 1 aromatic rings. The Morgan fingerprint density at radius 3 is 2.41 bits per heavy atom. The Balaban J connectivity index is 2.83. The highest BCUT2D eigenvalue weighted by molar-refractivity contribution is 7.84. The molecule has 2 N–H and O–H groups in total. The van der Waals surface area contributed by atoms with Crippen LogP contribution in [0.1, 0.15) is 44.9 Å². The smallest absolute Gasteiger partial charge is 0.315 e. The highest BCUT2D eigenvalue weighted by atomic mass is 32.2. The summed E-state index contributed by atoms with van der Waals surface area (Å²) in [5.41, 5.74) is 2.15. The van der Waals surface area contributed by atoms with E-state index in [1.807, 2.05) is 32.0 Å². The molecule has 0 aliphatic heterocycles. The molecule has 22 heavy (non-hydrogen) atoms. The fourth-order valence-corrected chi connectivity index (χ4v) is 3.23. The third-order valence-electron chi connectivity index (χ3n) is 3.38. The summed E-state index contributed by atoms with van der Waals surface area (Å²) in [7, 11) is -0.923. The van der Waals surface area contributed by atoms with Gasteiger partial charge in [0.25, 0.3) is 0 Å². The van der Waals surface area contributed by atoms with E-state index in [-0.39, 0.29) is 23.5 Å². The van der Waals surface area contributed by atoms with Crippen molar-refractivity contribution in [2.75, 3.05) is 12.0 Å². The fraction of sp³-hybridized carbons (Fsp3) is 0.588. The van der Waals surface area contributed by atoms with Crippen LogP contribution in [-0.2, 0) is 10.8 Å². The molecule has 0 fully saturated rings. The average molecular weight is 324 g/mol. The number of aryl methyl sites for hydroxylation is 1. The summed E-state index contributed by atoms with van der Waals surface area (Å²) in [5, 5.41) is 5.91. The maximum Gasteiger partial charge on any atom is 0.315 e. The quantitative estimate of drug-likeness (QED) is 0.874. The van der Waals surface area contributed by atoms with E-state index in [9.17, 15) is 9.00 Å². The van der Waals surface area contributed by atoms with Crippen molar-refractivity contribution in [3.05, 3.63) is 35.4 Å². The van der Waals surface area contributed by atoms with Gasteiger partial charge in [-0.25, -0.2) is 4.79 Å². The van der Waals surface area contributed by atoms with Crippen molar-refractivity contribution in [2.45, 2.75) is 46.7 Å². The predicted molar refractivity (Wildman–Crippen MR) is 93.4 cm³/mol. The molecule has 124 valence electrons. The van der Waals surface area contributed by atoms with Crippen LogP contribution in [0, 0.1) is 12.3 Å². The molecule has 0 heterocycles. The maximum absolute atomic E-state index is 12.2. The van der Waals surface area contributed by atoms with Crippen LogP contribution in [0.25, 0.3) is 0 Å². The van der Waals surface area contributed by atoms with Crippen LogP contribution in [0.2, 0.25) is 0 Å². The summed E-state index contributed by atoms with van der Waals surface area (Å²) < 4.78 is 11.2. The molecule has 0 aliphatic carbocycles. The van der Waals surface area contributed by atoms with Crippen LogP contribution in [0.3, 0.4) is 0 Å². The second-order valence-corrected chi connectivity index (χ2v) is 8.45. The first-order valence-corrected chi connectivity index (χ1v) is 9.26. The van der Waals surface area contributed by atoms with Gasteiger partial charge in [0.2, 0.25) is 0 Å². The Morgan fingerprint density at radius 2 is 1.91 bits per heavy atom. The SMILES string of the molecule is Cc1cccc(C(NC(=O)NC(C)CS(C)=O)C(C)(C)C)c1. The fourth-order valence-electron chi connectivity index (χ4n) is 2.44. The summed E-state index contributed by atoms with van der Waals surface area (Å²) in [4.78, 5) is 12.2. The first kappa shape index (κ1) is 18.7. The Morgan fingerprint density at radius 1 is 1.27 bits per heavy atom. The van der Waals surface area contributed by atoms with Crippen molar-refractivity contribution in [2.24, 2.45) is 5.41 Å². The molecule has 4 nitrogen and oxygen atoms in total. The van der Waals surface area contributed by atoms with Gasteiger partial charge in [0.15, 0.2) is 0 Å². The van der Waals surface area contributed by atoms with Crippen molar-refractivity contribution in [1.82, 2.24) is 10.6 Å². The minimum Gasteiger partial charge on any atom is -0.335 e. The number of carbonyl (C=O) groups excluding carboxylic acids is 1. The van der Waals surface area contributed by atoms with E-state index in [4.69, 9.17) is 0 Å². The molecular weight excluding hydrogens is 296 g/mol. The van der Waals surface area contributed by atoms with Gasteiger partial charge in [-0.1, -0.05) is 50.6 Å². The van der Waals surface area contributed by atoms with Gasteiger partial charge < -0.3 is 10.6 Å². The van der Waals surface area contributed by atoms with E-state index >= 15 is 0 Å². The molecule has 1 aromatic carbocycles. The number of nitrogens with one attached hydrogen (secondary N) is 2.